The van der Waals surface area contributed by atoms with E-state index in [9.17, 15) is 9.59 Å². The van der Waals surface area contributed by atoms with Crippen LogP contribution in [-0.2, 0) is 27.4 Å². The number of rotatable bonds is 9. The average Bonchev–Trinajstić information content (AvgIpc) is 3.61. The molecule has 168 valence electrons. The molecule has 0 saturated heterocycles. The third-order valence-corrected chi connectivity index (χ3v) is 6.90. The van der Waals surface area contributed by atoms with Crippen LogP contribution >= 0.6 is 0 Å². The molecule has 3 nitrogen and oxygen atoms in total. The zero-order valence-electron chi connectivity index (χ0n) is 19.0. The number of ether oxygens (including phenoxy) is 1. The summed E-state index contributed by atoms with van der Waals surface area (Å²) in [6, 6.07) is 15.9. The van der Waals surface area contributed by atoms with Gasteiger partial charge < -0.3 is 4.74 Å². The molecule has 0 spiro atoms. The van der Waals surface area contributed by atoms with Gasteiger partial charge in [-0.3, -0.25) is 4.79 Å². The van der Waals surface area contributed by atoms with E-state index < -0.39 is 5.41 Å². The van der Waals surface area contributed by atoms with Gasteiger partial charge in [0.1, 0.15) is 6.61 Å². The van der Waals surface area contributed by atoms with Crippen molar-refractivity contribution < 1.29 is 14.3 Å². The van der Waals surface area contributed by atoms with Gasteiger partial charge in [0.2, 0.25) is 0 Å². The Morgan fingerprint density at radius 2 is 1.56 bits per heavy atom. The van der Waals surface area contributed by atoms with Crippen LogP contribution in [0.25, 0.3) is 12.2 Å². The highest BCUT2D eigenvalue weighted by Gasteiger charge is 2.59. The minimum atomic E-state index is -0.512. The second-order valence-corrected chi connectivity index (χ2v) is 9.05. The van der Waals surface area contributed by atoms with Crippen LogP contribution in [0.5, 0.6) is 0 Å². The number of carbonyl (C=O) groups excluding carboxylic acids is 2. The van der Waals surface area contributed by atoms with Crippen molar-refractivity contribution in [3.05, 3.63) is 131 Å². The topological polar surface area (TPSA) is 43.4 Å². The summed E-state index contributed by atoms with van der Waals surface area (Å²) in [6.07, 6.45) is 14.6. The third-order valence-electron chi connectivity index (χ3n) is 6.90. The molecule has 3 aliphatic carbocycles. The summed E-state index contributed by atoms with van der Waals surface area (Å²) in [5.41, 5.74) is 6.08. The molecule has 2 unspecified atom stereocenters. The van der Waals surface area contributed by atoms with Crippen LogP contribution in [0.4, 0.5) is 0 Å². The molecular weight excluding hydrogens is 420 g/mol. The van der Waals surface area contributed by atoms with Gasteiger partial charge in [0, 0.05) is 5.57 Å². The first-order valence-electron chi connectivity index (χ1n) is 11.5. The Morgan fingerprint density at radius 3 is 2.12 bits per heavy atom. The summed E-state index contributed by atoms with van der Waals surface area (Å²) in [4.78, 5) is 25.9. The van der Waals surface area contributed by atoms with Crippen molar-refractivity contribution >= 4 is 23.9 Å². The molecule has 3 aliphatic rings. The molecule has 0 aromatic heterocycles. The van der Waals surface area contributed by atoms with Crippen LogP contribution in [0.3, 0.4) is 0 Å². The predicted molar refractivity (Wildman–Crippen MR) is 136 cm³/mol. The zero-order valence-corrected chi connectivity index (χ0v) is 19.0. The first-order valence-corrected chi connectivity index (χ1v) is 11.5. The van der Waals surface area contributed by atoms with E-state index in [0.29, 0.717) is 5.57 Å². The molecule has 2 aromatic carbocycles. The number of carbonyl (C=O) groups is 2. The largest absolute Gasteiger partial charge is 0.457 e. The van der Waals surface area contributed by atoms with Crippen LogP contribution in [-0.4, -0.2) is 11.8 Å². The molecule has 1 saturated carbocycles. The Morgan fingerprint density at radius 1 is 0.912 bits per heavy atom. The van der Waals surface area contributed by atoms with Gasteiger partial charge in [-0.25, -0.2) is 4.79 Å². The summed E-state index contributed by atoms with van der Waals surface area (Å²) in [7, 11) is 0. The lowest BCUT2D eigenvalue weighted by atomic mass is 9.81. The Labute approximate surface area is 200 Å². The zero-order chi connectivity index (χ0) is 23.7. The van der Waals surface area contributed by atoms with Gasteiger partial charge in [0.25, 0.3) is 0 Å². The molecule has 0 amide bonds. The summed E-state index contributed by atoms with van der Waals surface area (Å²) in [5, 5.41) is 0. The van der Waals surface area contributed by atoms with E-state index in [-0.39, 0.29) is 24.3 Å². The van der Waals surface area contributed by atoms with Gasteiger partial charge >= 0.3 is 5.97 Å². The summed E-state index contributed by atoms with van der Waals surface area (Å²) in [5.74, 6) is -0.155. The van der Waals surface area contributed by atoms with Crippen LogP contribution in [0, 0.1) is 11.3 Å². The second-order valence-electron chi connectivity index (χ2n) is 9.05. The maximum absolute atomic E-state index is 13.4. The Kier molecular flexibility index (Phi) is 5.62. The fraction of sp³-hybridized carbons (Fsp3) is 0.161. The number of ketones is 1. The van der Waals surface area contributed by atoms with Gasteiger partial charge in [-0.2, -0.15) is 0 Å². The van der Waals surface area contributed by atoms with Crippen molar-refractivity contribution in [1.29, 1.82) is 0 Å². The first-order chi connectivity index (χ1) is 16.5. The maximum Gasteiger partial charge on any atom is 0.338 e. The Bertz CT molecular complexity index is 1300. The lowest BCUT2D eigenvalue weighted by Gasteiger charge is -2.21. The summed E-state index contributed by atoms with van der Waals surface area (Å²) >= 11 is 0. The standard InChI is InChI=1S/C31H26O3/c1-3-21-5-9-23(10-6-21)17-25-13-14-28(25)29(32)31-16-15-26(18-27(31)19-31)30(33)34-20-24-11-7-22(4-2)8-12-24/h3-16,18,27H,1-2,17,19-20H2. The fourth-order valence-corrected chi connectivity index (χ4v) is 4.57. The SMILES string of the molecule is C=Cc1ccc(COC(=O)C2=CC3CC3(C(=O)C3=C(Cc4ccc(C=C)cc4)C=C3)C=C2)cc1. The predicted octanol–water partition coefficient (Wildman–Crippen LogP) is 6.20. The van der Waals surface area contributed by atoms with Gasteiger partial charge in [-0.15, -0.1) is 0 Å². The molecule has 0 bridgehead atoms. The number of hydrogen-bond acceptors (Lipinski definition) is 3. The third kappa shape index (κ3) is 4.06. The van der Waals surface area contributed by atoms with E-state index in [1.807, 2.05) is 66.8 Å². The molecule has 1 fully saturated rings. The average molecular weight is 447 g/mol. The van der Waals surface area contributed by atoms with Crippen molar-refractivity contribution in [2.75, 3.05) is 0 Å². The molecule has 0 N–H and O–H groups in total. The fourth-order valence-electron chi connectivity index (χ4n) is 4.57. The highest BCUT2D eigenvalue weighted by Crippen LogP contribution is 2.59. The number of fused-ring (bicyclic) bond motifs is 1. The minimum absolute atomic E-state index is 0.0500. The molecule has 0 heterocycles. The van der Waals surface area contributed by atoms with Crippen LogP contribution in [0.1, 0.15) is 28.7 Å². The Balaban J connectivity index is 1.21. The molecule has 34 heavy (non-hydrogen) atoms. The molecular formula is C31H26O3. The van der Waals surface area contributed by atoms with E-state index in [1.54, 1.807) is 12.2 Å². The number of benzene rings is 2. The van der Waals surface area contributed by atoms with Crippen molar-refractivity contribution in [3.8, 4) is 0 Å². The van der Waals surface area contributed by atoms with E-state index in [4.69, 9.17) is 4.74 Å². The van der Waals surface area contributed by atoms with Crippen LogP contribution < -0.4 is 0 Å². The monoisotopic (exact) mass is 446 g/mol. The Hall–Kier alpha value is -3.98. The van der Waals surface area contributed by atoms with Crippen LogP contribution in [0.2, 0.25) is 0 Å². The van der Waals surface area contributed by atoms with Crippen molar-refractivity contribution in [1.82, 2.24) is 0 Å². The van der Waals surface area contributed by atoms with E-state index >= 15 is 0 Å². The summed E-state index contributed by atoms with van der Waals surface area (Å²) in [6.45, 7) is 7.74. The highest BCUT2D eigenvalue weighted by atomic mass is 16.5. The van der Waals surface area contributed by atoms with Crippen LogP contribution in [0.15, 0.2) is 109 Å². The molecule has 2 aromatic rings. The molecule has 3 heteroatoms. The summed E-state index contributed by atoms with van der Waals surface area (Å²) < 4.78 is 5.49. The van der Waals surface area contributed by atoms with Gasteiger partial charge in [0.15, 0.2) is 5.78 Å². The molecule has 0 radical (unpaired) electrons. The normalized spacial score (nSPS) is 21.8. The van der Waals surface area contributed by atoms with E-state index in [0.717, 1.165) is 40.7 Å². The first kappa shape index (κ1) is 21.8. The van der Waals surface area contributed by atoms with Crippen molar-refractivity contribution in [2.45, 2.75) is 19.4 Å². The number of Topliss-reactive ketones (excluding diaryl/α,β-unsaturated/α-hetero) is 1. The second kappa shape index (κ2) is 8.75. The quantitative estimate of drug-likeness (QED) is 0.431. The van der Waals surface area contributed by atoms with E-state index in [1.165, 1.54) is 5.56 Å². The van der Waals surface area contributed by atoms with Crippen molar-refractivity contribution in [3.63, 3.8) is 0 Å². The lowest BCUT2D eigenvalue weighted by molar-refractivity contribution is -0.140. The minimum Gasteiger partial charge on any atom is -0.457 e. The molecule has 5 rings (SSSR count). The number of esters is 1. The van der Waals surface area contributed by atoms with Crippen molar-refractivity contribution in [2.24, 2.45) is 11.3 Å². The van der Waals surface area contributed by atoms with Gasteiger partial charge in [-0.05, 0) is 46.6 Å². The maximum atomic E-state index is 13.4. The number of hydrogen-bond donors (Lipinski definition) is 0. The smallest absolute Gasteiger partial charge is 0.338 e. The lowest BCUT2D eigenvalue weighted by Crippen LogP contribution is -2.23. The number of allylic oxidation sites excluding steroid dienone is 6. The van der Waals surface area contributed by atoms with Gasteiger partial charge in [0.05, 0.1) is 11.0 Å². The molecule has 0 aliphatic heterocycles. The molecule has 2 atom stereocenters. The highest BCUT2D eigenvalue weighted by molar-refractivity contribution is 6.09. The van der Waals surface area contributed by atoms with Gasteiger partial charge in [-0.1, -0.05) is 104 Å². The van der Waals surface area contributed by atoms with E-state index in [2.05, 4.69) is 25.3 Å².